The van der Waals surface area contributed by atoms with E-state index in [0.29, 0.717) is 36.3 Å². The van der Waals surface area contributed by atoms with Gasteiger partial charge in [0.05, 0.1) is 28.9 Å². The fourth-order valence-corrected chi connectivity index (χ4v) is 7.35. The van der Waals surface area contributed by atoms with Gasteiger partial charge < -0.3 is 4.74 Å². The largest absolute Gasteiger partial charge is 0.497 e. The summed E-state index contributed by atoms with van der Waals surface area (Å²) in [6, 6.07) is 5.79. The Balaban J connectivity index is 2.12. The molecule has 1 aromatic rings. The highest BCUT2D eigenvalue weighted by atomic mass is 32.2. The summed E-state index contributed by atoms with van der Waals surface area (Å²) in [5.74, 6) is 0.476. The number of ether oxygens (including phenoxy) is 1. The molecule has 0 aromatic heterocycles. The third kappa shape index (κ3) is 5.95. The average Bonchev–Trinajstić information content (AvgIpc) is 2.96. The van der Waals surface area contributed by atoms with E-state index >= 15 is 0 Å². The molecule has 0 spiro atoms. The molecule has 0 radical (unpaired) electrons. The van der Waals surface area contributed by atoms with Crippen LogP contribution in [0.1, 0.15) is 58.4 Å². The van der Waals surface area contributed by atoms with E-state index in [-0.39, 0.29) is 17.9 Å². The van der Waals surface area contributed by atoms with Gasteiger partial charge in [-0.2, -0.15) is 13.0 Å². The van der Waals surface area contributed by atoms with Crippen LogP contribution in [-0.4, -0.2) is 56.8 Å². The van der Waals surface area contributed by atoms with Gasteiger partial charge in [-0.3, -0.25) is 4.55 Å². The number of hydrogen-bond acceptors (Lipinski definition) is 5. The maximum absolute atomic E-state index is 13.0. The first-order valence-electron chi connectivity index (χ1n) is 11.9. The number of methoxy groups -OCH3 is 1. The van der Waals surface area contributed by atoms with Gasteiger partial charge in [0.1, 0.15) is 12.3 Å². The van der Waals surface area contributed by atoms with Crippen molar-refractivity contribution >= 4 is 31.4 Å². The molecule has 0 atom stereocenters. The minimum Gasteiger partial charge on any atom is -0.497 e. The minimum atomic E-state index is -4.07. The Hall–Kier alpha value is -2.23. The van der Waals surface area contributed by atoms with Gasteiger partial charge in [0.25, 0.3) is 10.1 Å². The number of sulfone groups is 1. The number of benzene rings is 1. The van der Waals surface area contributed by atoms with Crippen LogP contribution >= 0.6 is 0 Å². The molecular formula is C26H36NO6S2+. The molecule has 1 aliphatic carbocycles. The maximum atomic E-state index is 13.0. The van der Waals surface area contributed by atoms with Crippen molar-refractivity contribution in [2.45, 2.75) is 58.3 Å². The standard InChI is InChI=1S/C26H35NO6S2/c1-6-16-34(28,29)25-19(2)9-7-10-20(25)11-14-24-26(3,4)22-18-21(33-5)12-13-23(22)27(24)15-8-17-35(30,31)32/h11-14,18H,2,6-10,15-17H2,1,3-5H3/p+1. The number of nitrogens with zero attached hydrogens (tertiary/aromatic N) is 1. The molecule has 35 heavy (non-hydrogen) atoms. The molecule has 1 heterocycles. The van der Waals surface area contributed by atoms with Crippen molar-refractivity contribution < 1.29 is 30.7 Å². The highest BCUT2D eigenvalue weighted by Crippen LogP contribution is 2.42. The summed E-state index contributed by atoms with van der Waals surface area (Å²) >= 11 is 0. The van der Waals surface area contributed by atoms with Crippen LogP contribution in [-0.2, 0) is 25.4 Å². The third-order valence-corrected chi connectivity index (χ3v) is 9.57. The first kappa shape index (κ1) is 27.4. The molecular weight excluding hydrogens is 486 g/mol. The summed E-state index contributed by atoms with van der Waals surface area (Å²) < 4.78 is 65.4. The van der Waals surface area contributed by atoms with Crippen LogP contribution in [0.3, 0.4) is 0 Å². The van der Waals surface area contributed by atoms with E-state index in [1.54, 1.807) is 7.11 Å². The smallest absolute Gasteiger partial charge is 0.265 e. The molecule has 0 saturated heterocycles. The van der Waals surface area contributed by atoms with Crippen LogP contribution in [0.15, 0.2) is 53.0 Å². The van der Waals surface area contributed by atoms with E-state index < -0.39 is 25.4 Å². The van der Waals surface area contributed by atoms with Crippen molar-refractivity contribution in [3.63, 3.8) is 0 Å². The molecule has 0 unspecified atom stereocenters. The van der Waals surface area contributed by atoms with Gasteiger partial charge in [-0.15, -0.1) is 0 Å². The number of rotatable bonds is 10. The topological polar surface area (TPSA) is 101 Å². The Morgan fingerprint density at radius 3 is 2.49 bits per heavy atom. The predicted octanol–water partition coefficient (Wildman–Crippen LogP) is 4.72. The molecule has 2 aliphatic rings. The Kier molecular flexibility index (Phi) is 8.13. The first-order chi connectivity index (χ1) is 16.3. The van der Waals surface area contributed by atoms with Gasteiger partial charge in [0, 0.05) is 24.1 Å². The summed E-state index contributed by atoms with van der Waals surface area (Å²) in [4.78, 5) is 0.371. The first-order valence-corrected chi connectivity index (χ1v) is 15.2. The fourth-order valence-electron chi connectivity index (χ4n) is 5.00. The second-order valence-electron chi connectivity index (χ2n) is 9.65. The summed E-state index contributed by atoms with van der Waals surface area (Å²) in [5, 5.41) is 0. The van der Waals surface area contributed by atoms with Crippen LogP contribution in [0.25, 0.3) is 0 Å². The van der Waals surface area contributed by atoms with Crippen LogP contribution < -0.4 is 4.74 Å². The van der Waals surface area contributed by atoms with E-state index in [1.165, 1.54) is 0 Å². The van der Waals surface area contributed by atoms with Crippen LogP contribution in [0.2, 0.25) is 0 Å². The van der Waals surface area contributed by atoms with Crippen LogP contribution in [0.4, 0.5) is 5.69 Å². The molecule has 0 bridgehead atoms. The molecule has 192 valence electrons. The summed E-state index contributed by atoms with van der Waals surface area (Å²) in [6.45, 7) is 10.4. The van der Waals surface area contributed by atoms with Crippen molar-refractivity contribution in [2.24, 2.45) is 0 Å². The van der Waals surface area contributed by atoms with Crippen LogP contribution in [0.5, 0.6) is 5.75 Å². The van der Waals surface area contributed by atoms with Gasteiger partial charge >= 0.3 is 0 Å². The lowest BCUT2D eigenvalue weighted by Gasteiger charge is -2.21. The molecule has 3 rings (SSSR count). The summed E-state index contributed by atoms with van der Waals surface area (Å²) in [5.41, 5.74) is 3.89. The maximum Gasteiger partial charge on any atom is 0.265 e. The SMILES string of the molecule is C=C1CCCC(C=CC2=[N+](CCCS(=O)(=O)O)c3ccc(OC)cc3C2(C)C)=C1S(=O)(=O)CCC. The monoisotopic (exact) mass is 522 g/mol. The number of allylic oxidation sites excluding steroid dienone is 4. The van der Waals surface area contributed by atoms with Crippen molar-refractivity contribution in [2.75, 3.05) is 25.2 Å². The van der Waals surface area contributed by atoms with Gasteiger partial charge in [0.2, 0.25) is 5.69 Å². The molecule has 0 fully saturated rings. The van der Waals surface area contributed by atoms with Crippen LogP contribution in [0, 0.1) is 0 Å². The average molecular weight is 523 g/mol. The van der Waals surface area contributed by atoms with Crippen molar-refractivity contribution in [3.05, 3.63) is 58.5 Å². The van der Waals surface area contributed by atoms with Crippen molar-refractivity contribution in [3.8, 4) is 5.75 Å². The van der Waals surface area contributed by atoms with Gasteiger partial charge in [-0.25, -0.2) is 8.42 Å². The highest BCUT2D eigenvalue weighted by molar-refractivity contribution is 7.95. The minimum absolute atomic E-state index is 0.0910. The van der Waals surface area contributed by atoms with E-state index in [4.69, 9.17) is 4.74 Å². The second-order valence-corrected chi connectivity index (χ2v) is 13.3. The Morgan fingerprint density at radius 1 is 1.14 bits per heavy atom. The van der Waals surface area contributed by atoms with E-state index in [1.807, 2.05) is 37.3 Å². The Labute approximate surface area is 209 Å². The Bertz CT molecular complexity index is 1320. The van der Waals surface area contributed by atoms with E-state index in [0.717, 1.165) is 34.7 Å². The zero-order chi connectivity index (χ0) is 26.0. The fraction of sp³-hybridized carbons (Fsp3) is 0.500. The number of hydrogen-bond donors (Lipinski definition) is 1. The van der Waals surface area contributed by atoms with Crippen molar-refractivity contribution in [1.82, 2.24) is 0 Å². The zero-order valence-electron chi connectivity index (χ0n) is 21.0. The zero-order valence-corrected chi connectivity index (χ0v) is 22.6. The number of fused-ring (bicyclic) bond motifs is 1. The molecule has 1 aromatic carbocycles. The molecule has 9 heteroatoms. The molecule has 1 N–H and O–H groups in total. The normalized spacial score (nSPS) is 18.5. The van der Waals surface area contributed by atoms with Gasteiger partial charge in [0.15, 0.2) is 15.5 Å². The van der Waals surface area contributed by atoms with Crippen molar-refractivity contribution in [1.29, 1.82) is 0 Å². The Morgan fingerprint density at radius 2 is 1.86 bits per heavy atom. The molecule has 0 amide bonds. The lowest BCUT2D eigenvalue weighted by Crippen LogP contribution is -2.28. The molecule has 0 saturated carbocycles. The third-order valence-electron chi connectivity index (χ3n) is 6.65. The lowest BCUT2D eigenvalue weighted by molar-refractivity contribution is -0.437. The van der Waals surface area contributed by atoms with Gasteiger partial charge in [-0.1, -0.05) is 19.6 Å². The van der Waals surface area contributed by atoms with E-state index in [9.17, 15) is 21.4 Å². The van der Waals surface area contributed by atoms with E-state index in [2.05, 4.69) is 25.0 Å². The lowest BCUT2D eigenvalue weighted by atomic mass is 9.81. The second kappa shape index (κ2) is 10.4. The quantitative estimate of drug-likeness (QED) is 0.352. The predicted molar refractivity (Wildman–Crippen MR) is 140 cm³/mol. The molecule has 1 aliphatic heterocycles. The van der Waals surface area contributed by atoms with Gasteiger partial charge in [-0.05, 0) is 62.8 Å². The summed E-state index contributed by atoms with van der Waals surface area (Å²) in [6.07, 6.45) is 6.80. The summed E-state index contributed by atoms with van der Waals surface area (Å²) in [7, 11) is -5.88. The highest BCUT2D eigenvalue weighted by Gasteiger charge is 2.44. The molecule has 7 nitrogen and oxygen atoms in total.